The number of rotatable bonds is 7. The minimum Gasteiger partial charge on any atom is -0.338 e. The lowest BCUT2D eigenvalue weighted by molar-refractivity contribution is -0.118. The van der Waals surface area contributed by atoms with Gasteiger partial charge >= 0.3 is 0 Å². The van der Waals surface area contributed by atoms with Gasteiger partial charge in [-0.25, -0.2) is 0 Å². The van der Waals surface area contributed by atoms with Crippen LogP contribution >= 0.6 is 11.8 Å². The molecule has 1 amide bonds. The van der Waals surface area contributed by atoms with Gasteiger partial charge in [0.15, 0.2) is 11.0 Å². The maximum Gasteiger partial charge on any atom is 0.234 e. The maximum absolute atomic E-state index is 11.9. The highest BCUT2D eigenvalue weighted by Crippen LogP contribution is 2.28. The topological polar surface area (TPSA) is 115 Å². The fourth-order valence-electron chi connectivity index (χ4n) is 3.19. The van der Waals surface area contributed by atoms with E-state index in [0.29, 0.717) is 22.9 Å². The summed E-state index contributed by atoms with van der Waals surface area (Å²) < 4.78 is 0. The number of piperazine rings is 1. The van der Waals surface area contributed by atoms with Gasteiger partial charge in [0.1, 0.15) is 0 Å². The van der Waals surface area contributed by atoms with Gasteiger partial charge in [-0.2, -0.15) is 20.1 Å². The van der Waals surface area contributed by atoms with Crippen molar-refractivity contribution in [3.63, 3.8) is 0 Å². The molecule has 1 aromatic carbocycles. The average Bonchev–Trinajstić information content (AvgIpc) is 3.19. The monoisotopic (exact) mass is 467 g/mol. The zero-order valence-corrected chi connectivity index (χ0v) is 20.1. The quantitative estimate of drug-likeness (QED) is 0.482. The molecule has 0 radical (unpaired) electrons. The highest BCUT2D eigenvalue weighted by Gasteiger charge is 2.19. The summed E-state index contributed by atoms with van der Waals surface area (Å²) in [7, 11) is 2.12. The molecular formula is C22H29N9OS. The van der Waals surface area contributed by atoms with Crippen molar-refractivity contribution in [1.29, 1.82) is 0 Å². The van der Waals surface area contributed by atoms with Crippen molar-refractivity contribution >= 4 is 41.1 Å². The van der Waals surface area contributed by atoms with Crippen LogP contribution in [0.25, 0.3) is 0 Å². The largest absolute Gasteiger partial charge is 0.338 e. The smallest absolute Gasteiger partial charge is 0.234 e. The van der Waals surface area contributed by atoms with Gasteiger partial charge in [-0.3, -0.25) is 9.89 Å². The first-order valence-corrected chi connectivity index (χ1v) is 11.7. The number of carbonyl (C=O) groups excluding carboxylic acids is 1. The standard InChI is InChI=1S/C22H29N9OS/c1-14(2)19(32)23-16-5-7-17(8-6-16)33-22-26-20(24-18-13-15(3)28-29-18)25-21(27-22)31-11-9-30(4)10-12-31/h5-8,13-14H,9-12H2,1-4H3,(H,23,32)(H2,24,25,26,27,28,29). The van der Waals surface area contributed by atoms with Crippen molar-refractivity contribution in [3.8, 4) is 0 Å². The van der Waals surface area contributed by atoms with Crippen molar-refractivity contribution < 1.29 is 4.79 Å². The Kier molecular flexibility index (Phi) is 7.09. The van der Waals surface area contributed by atoms with Gasteiger partial charge in [0.25, 0.3) is 0 Å². The van der Waals surface area contributed by atoms with Crippen molar-refractivity contribution in [2.24, 2.45) is 5.92 Å². The number of hydrogen-bond donors (Lipinski definition) is 3. The Bertz CT molecular complexity index is 1090. The lowest BCUT2D eigenvalue weighted by Crippen LogP contribution is -2.45. The van der Waals surface area contributed by atoms with E-state index < -0.39 is 0 Å². The number of H-pyrrole nitrogens is 1. The average molecular weight is 468 g/mol. The van der Waals surface area contributed by atoms with E-state index in [1.165, 1.54) is 11.8 Å². The molecule has 0 saturated carbocycles. The van der Waals surface area contributed by atoms with Crippen LogP contribution in [0.15, 0.2) is 40.4 Å². The Balaban J connectivity index is 1.55. The third-order valence-electron chi connectivity index (χ3n) is 5.19. The van der Waals surface area contributed by atoms with Crippen LogP contribution in [0.3, 0.4) is 0 Å². The molecule has 3 N–H and O–H groups in total. The summed E-state index contributed by atoms with van der Waals surface area (Å²) in [6.45, 7) is 9.31. The molecule has 1 saturated heterocycles. The fourth-order valence-corrected chi connectivity index (χ4v) is 3.93. The molecule has 4 rings (SSSR count). The summed E-state index contributed by atoms with van der Waals surface area (Å²) in [4.78, 5) is 31.3. The molecular weight excluding hydrogens is 438 g/mol. The van der Waals surface area contributed by atoms with E-state index in [2.05, 4.69) is 47.6 Å². The Morgan fingerprint density at radius 2 is 1.82 bits per heavy atom. The van der Waals surface area contributed by atoms with Crippen LogP contribution in [0.1, 0.15) is 19.5 Å². The zero-order valence-electron chi connectivity index (χ0n) is 19.3. The molecule has 1 aliphatic heterocycles. The first-order valence-electron chi connectivity index (χ1n) is 10.9. The number of amides is 1. The van der Waals surface area contributed by atoms with Crippen molar-refractivity contribution in [2.45, 2.75) is 30.8 Å². The van der Waals surface area contributed by atoms with Gasteiger partial charge in [-0.15, -0.1) is 0 Å². The van der Waals surface area contributed by atoms with Crippen LogP contribution in [0, 0.1) is 12.8 Å². The molecule has 10 nitrogen and oxygen atoms in total. The van der Waals surface area contributed by atoms with E-state index in [4.69, 9.17) is 4.98 Å². The van der Waals surface area contributed by atoms with Crippen molar-refractivity contribution in [2.75, 3.05) is 48.8 Å². The van der Waals surface area contributed by atoms with Gasteiger partial charge in [0, 0.05) is 54.4 Å². The Morgan fingerprint density at radius 3 is 2.45 bits per heavy atom. The summed E-state index contributed by atoms with van der Waals surface area (Å²) in [5.41, 5.74) is 1.72. The number of hydrogen-bond acceptors (Lipinski definition) is 9. The minimum atomic E-state index is -0.0681. The van der Waals surface area contributed by atoms with E-state index >= 15 is 0 Å². The molecule has 174 valence electrons. The minimum absolute atomic E-state index is 0.00555. The second-order valence-corrected chi connectivity index (χ2v) is 9.40. The lowest BCUT2D eigenvalue weighted by atomic mass is 10.2. The van der Waals surface area contributed by atoms with Gasteiger partial charge in [0.05, 0.1) is 0 Å². The molecule has 33 heavy (non-hydrogen) atoms. The van der Waals surface area contributed by atoms with E-state index in [-0.39, 0.29) is 11.8 Å². The molecule has 1 fully saturated rings. The Labute approximate surface area is 197 Å². The molecule has 1 aliphatic rings. The summed E-state index contributed by atoms with van der Waals surface area (Å²) >= 11 is 1.45. The molecule has 3 aromatic rings. The molecule has 0 bridgehead atoms. The summed E-state index contributed by atoms with van der Waals surface area (Å²) in [6, 6.07) is 9.57. The van der Waals surface area contributed by atoms with E-state index in [1.807, 2.05) is 51.1 Å². The highest BCUT2D eigenvalue weighted by atomic mass is 32.2. The lowest BCUT2D eigenvalue weighted by Gasteiger charge is -2.32. The summed E-state index contributed by atoms with van der Waals surface area (Å²) in [6.07, 6.45) is 0. The Morgan fingerprint density at radius 1 is 1.09 bits per heavy atom. The van der Waals surface area contributed by atoms with Gasteiger partial charge in [-0.05, 0) is 50.0 Å². The molecule has 0 aliphatic carbocycles. The van der Waals surface area contributed by atoms with Gasteiger partial charge in [-0.1, -0.05) is 13.8 Å². The summed E-state index contributed by atoms with van der Waals surface area (Å²) in [5, 5.41) is 13.8. The number of aryl methyl sites for hydroxylation is 1. The predicted molar refractivity (Wildman–Crippen MR) is 130 cm³/mol. The molecule has 2 aromatic heterocycles. The number of anilines is 4. The molecule has 11 heteroatoms. The van der Waals surface area contributed by atoms with Crippen LogP contribution in [-0.4, -0.2) is 69.2 Å². The van der Waals surface area contributed by atoms with Gasteiger partial charge < -0.3 is 20.4 Å². The number of aromatic nitrogens is 5. The second-order valence-electron chi connectivity index (χ2n) is 8.36. The molecule has 3 heterocycles. The summed E-state index contributed by atoms with van der Waals surface area (Å²) in [5.74, 6) is 1.68. The van der Waals surface area contributed by atoms with E-state index in [1.54, 1.807) is 0 Å². The number of nitrogens with one attached hydrogen (secondary N) is 3. The van der Waals surface area contributed by atoms with E-state index in [0.717, 1.165) is 42.5 Å². The third-order valence-corrected chi connectivity index (χ3v) is 6.06. The number of nitrogens with zero attached hydrogens (tertiary/aromatic N) is 6. The second kappa shape index (κ2) is 10.2. The van der Waals surface area contributed by atoms with Gasteiger partial charge in [0.2, 0.25) is 17.8 Å². The predicted octanol–water partition coefficient (Wildman–Crippen LogP) is 3.14. The van der Waals surface area contributed by atoms with Crippen molar-refractivity contribution in [3.05, 3.63) is 36.0 Å². The number of likely N-dealkylation sites (N-methyl/N-ethyl adjacent to an activating group) is 1. The highest BCUT2D eigenvalue weighted by molar-refractivity contribution is 7.99. The van der Waals surface area contributed by atoms with Crippen molar-refractivity contribution in [1.82, 2.24) is 30.0 Å². The molecule has 0 atom stereocenters. The van der Waals surface area contributed by atoms with Crippen LogP contribution in [0.5, 0.6) is 0 Å². The van der Waals surface area contributed by atoms with Crippen LogP contribution in [-0.2, 0) is 4.79 Å². The fraction of sp³-hybridized carbons (Fsp3) is 0.409. The Hall–Kier alpha value is -3.18. The maximum atomic E-state index is 11.9. The zero-order chi connectivity index (χ0) is 23.4. The first kappa shape index (κ1) is 23.0. The normalized spacial score (nSPS) is 14.5. The molecule has 0 spiro atoms. The number of aromatic amines is 1. The number of benzene rings is 1. The first-order chi connectivity index (χ1) is 15.9. The van der Waals surface area contributed by atoms with E-state index in [9.17, 15) is 4.79 Å². The van der Waals surface area contributed by atoms with Crippen LogP contribution in [0.4, 0.5) is 23.4 Å². The SMILES string of the molecule is Cc1cc(Nc2nc(Sc3ccc(NC(=O)C(C)C)cc3)nc(N3CCN(C)CC3)n2)n[nH]1. The number of carbonyl (C=O) groups is 1. The van der Waals surface area contributed by atoms with Crippen LogP contribution in [0.2, 0.25) is 0 Å². The third kappa shape index (κ3) is 6.20. The molecule has 0 unspecified atom stereocenters. The van der Waals surface area contributed by atoms with Crippen LogP contribution < -0.4 is 15.5 Å².